The molecular weight excluding hydrogens is 1130 g/mol. The van der Waals surface area contributed by atoms with Crippen LogP contribution in [0.5, 0.6) is 0 Å². The van der Waals surface area contributed by atoms with Crippen LogP contribution < -0.4 is 0 Å². The average Bonchev–Trinajstić information content (AvgIpc) is 3.62. The van der Waals surface area contributed by atoms with Crippen LogP contribution in [0.4, 0.5) is 0 Å². The van der Waals surface area contributed by atoms with Crippen molar-refractivity contribution in [2.75, 3.05) is 39.6 Å². The standard InChI is InChI=1S/C66H128O17P2/c1-6-10-13-16-19-30-36-40-45-50-64(69)77-56-62(83-66(71)52-47-42-37-32-29-27-25-23-21-20-22-24-26-28-31-35-38-43-48-59(5)9-4)58-81-85(74,75)79-54-60(67)53-78-84(72,73)80-57-61(82-65(70)51-46-41-34-18-15-12-8-3)55-76-63(68)49-44-39-33-17-14-11-7-2/h59-62,67H,6-58H2,1-5H3,(H,72,73)(H,74,75)/t59?,60-,61+,62+/m0/s1. The fourth-order valence-corrected chi connectivity index (χ4v) is 11.5. The van der Waals surface area contributed by atoms with E-state index in [0.717, 1.165) is 121 Å². The molecule has 3 N–H and O–H groups in total. The zero-order valence-corrected chi connectivity index (χ0v) is 56.5. The molecule has 85 heavy (non-hydrogen) atoms. The van der Waals surface area contributed by atoms with Gasteiger partial charge in [0.05, 0.1) is 26.4 Å². The highest BCUT2D eigenvalue weighted by Gasteiger charge is 2.30. The number of esters is 4. The van der Waals surface area contributed by atoms with E-state index in [1.165, 1.54) is 135 Å². The third-order valence-electron chi connectivity index (χ3n) is 15.6. The van der Waals surface area contributed by atoms with Crippen LogP contribution >= 0.6 is 15.6 Å². The van der Waals surface area contributed by atoms with Gasteiger partial charge in [-0.15, -0.1) is 0 Å². The minimum Gasteiger partial charge on any atom is -0.462 e. The molecule has 0 radical (unpaired) electrons. The third kappa shape index (κ3) is 59.5. The highest BCUT2D eigenvalue weighted by Crippen LogP contribution is 2.45. The summed E-state index contributed by atoms with van der Waals surface area (Å²) in [6.45, 7) is 7.17. The van der Waals surface area contributed by atoms with Crippen LogP contribution in [0.15, 0.2) is 0 Å². The Labute approximate surface area is 517 Å². The van der Waals surface area contributed by atoms with E-state index >= 15 is 0 Å². The molecule has 0 saturated carbocycles. The molecule has 0 bridgehead atoms. The smallest absolute Gasteiger partial charge is 0.462 e. The van der Waals surface area contributed by atoms with Crippen LogP contribution in [-0.4, -0.2) is 96.7 Å². The molecule has 0 heterocycles. The number of ether oxygens (including phenoxy) is 4. The summed E-state index contributed by atoms with van der Waals surface area (Å²) in [5.74, 6) is -1.27. The van der Waals surface area contributed by atoms with Crippen molar-refractivity contribution in [2.45, 2.75) is 355 Å². The molecule has 0 spiro atoms. The minimum atomic E-state index is -4.94. The summed E-state index contributed by atoms with van der Waals surface area (Å²) < 4.78 is 67.8. The van der Waals surface area contributed by atoms with Crippen LogP contribution in [-0.2, 0) is 65.4 Å². The van der Waals surface area contributed by atoms with Crippen molar-refractivity contribution in [3.8, 4) is 0 Å². The van der Waals surface area contributed by atoms with Gasteiger partial charge in [0.1, 0.15) is 19.3 Å². The summed E-state index contributed by atoms with van der Waals surface area (Å²) >= 11 is 0. The number of aliphatic hydroxyl groups is 1. The summed E-state index contributed by atoms with van der Waals surface area (Å²) in [5, 5.41) is 10.5. The predicted octanol–water partition coefficient (Wildman–Crippen LogP) is 18.6. The Kier molecular flexibility index (Phi) is 58.3. The minimum absolute atomic E-state index is 0.104. The van der Waals surface area contributed by atoms with Gasteiger partial charge in [-0.05, 0) is 31.6 Å². The fraction of sp³-hybridized carbons (Fsp3) is 0.939. The molecular formula is C66H128O17P2. The Morgan fingerprint density at radius 2 is 0.565 bits per heavy atom. The molecule has 6 atom stereocenters. The van der Waals surface area contributed by atoms with Crippen molar-refractivity contribution >= 4 is 39.5 Å². The first-order chi connectivity index (χ1) is 41.1. The number of carbonyl (C=O) groups is 4. The van der Waals surface area contributed by atoms with Gasteiger partial charge in [-0.25, -0.2) is 9.13 Å². The maximum Gasteiger partial charge on any atom is 0.472 e. The van der Waals surface area contributed by atoms with Crippen molar-refractivity contribution < 1.29 is 80.2 Å². The quantitative estimate of drug-likeness (QED) is 0.0222. The van der Waals surface area contributed by atoms with Gasteiger partial charge in [0.15, 0.2) is 12.2 Å². The molecule has 0 aromatic rings. The summed E-state index contributed by atoms with van der Waals surface area (Å²) in [6, 6.07) is 0. The van der Waals surface area contributed by atoms with Gasteiger partial charge in [-0.1, -0.05) is 285 Å². The van der Waals surface area contributed by atoms with Crippen LogP contribution in [0.3, 0.4) is 0 Å². The molecule has 0 aliphatic carbocycles. The van der Waals surface area contributed by atoms with Gasteiger partial charge in [-0.2, -0.15) is 0 Å². The number of phosphoric acid groups is 2. The van der Waals surface area contributed by atoms with Gasteiger partial charge in [-0.3, -0.25) is 37.3 Å². The maximum absolute atomic E-state index is 13.0. The molecule has 0 aromatic heterocycles. The number of unbranched alkanes of at least 4 members (excludes halogenated alkanes) is 37. The second-order valence-electron chi connectivity index (χ2n) is 24.1. The fourth-order valence-electron chi connectivity index (χ4n) is 9.90. The molecule has 0 aromatic carbocycles. The van der Waals surface area contributed by atoms with Gasteiger partial charge in [0, 0.05) is 25.7 Å². The summed E-state index contributed by atoms with van der Waals surface area (Å²) in [7, 11) is -9.87. The summed E-state index contributed by atoms with van der Waals surface area (Å²) in [6.07, 6.45) is 44.9. The molecule has 0 aliphatic rings. The molecule has 3 unspecified atom stereocenters. The zero-order chi connectivity index (χ0) is 62.8. The van der Waals surface area contributed by atoms with Gasteiger partial charge >= 0.3 is 39.5 Å². The van der Waals surface area contributed by atoms with E-state index in [1.54, 1.807) is 0 Å². The lowest BCUT2D eigenvalue weighted by Crippen LogP contribution is -2.30. The van der Waals surface area contributed by atoms with E-state index in [9.17, 15) is 43.2 Å². The van der Waals surface area contributed by atoms with E-state index in [1.807, 2.05) is 0 Å². The molecule has 19 heteroatoms. The second-order valence-corrected chi connectivity index (χ2v) is 27.0. The molecule has 0 saturated heterocycles. The van der Waals surface area contributed by atoms with E-state index in [4.69, 9.17) is 37.0 Å². The zero-order valence-electron chi connectivity index (χ0n) is 54.7. The monoisotopic (exact) mass is 1250 g/mol. The summed E-state index contributed by atoms with van der Waals surface area (Å²) in [5.41, 5.74) is 0. The second kappa shape index (κ2) is 59.7. The first-order valence-corrected chi connectivity index (χ1v) is 37.7. The molecule has 0 amide bonds. The lowest BCUT2D eigenvalue weighted by atomic mass is 9.99. The number of hydrogen-bond donors (Lipinski definition) is 3. The number of carbonyl (C=O) groups excluding carboxylic acids is 4. The number of hydrogen-bond acceptors (Lipinski definition) is 15. The Morgan fingerprint density at radius 3 is 0.835 bits per heavy atom. The van der Waals surface area contributed by atoms with E-state index in [2.05, 4.69) is 34.6 Å². The lowest BCUT2D eigenvalue weighted by Gasteiger charge is -2.21. The van der Waals surface area contributed by atoms with Gasteiger partial charge < -0.3 is 33.8 Å². The Morgan fingerprint density at radius 1 is 0.329 bits per heavy atom. The van der Waals surface area contributed by atoms with E-state index in [-0.39, 0.29) is 25.7 Å². The Balaban J connectivity index is 5.04. The SMILES string of the molecule is CCCCCCCCCCCC(=O)OC[C@H](COP(=O)(O)OC[C@@H](O)COP(=O)(O)OC[C@@H](COC(=O)CCCCCCCCC)OC(=O)CCCCCCCCC)OC(=O)CCCCCCCCCCCCCCCCCCCCC(C)CC. The first-order valence-electron chi connectivity index (χ1n) is 34.7. The largest absolute Gasteiger partial charge is 0.472 e. The van der Waals surface area contributed by atoms with Crippen LogP contribution in [0.1, 0.15) is 336 Å². The van der Waals surface area contributed by atoms with E-state index in [0.29, 0.717) is 25.7 Å². The van der Waals surface area contributed by atoms with Crippen molar-refractivity contribution in [1.29, 1.82) is 0 Å². The van der Waals surface area contributed by atoms with Gasteiger partial charge in [0.2, 0.25) is 0 Å². The first kappa shape index (κ1) is 83.1. The van der Waals surface area contributed by atoms with Crippen molar-refractivity contribution in [3.05, 3.63) is 0 Å². The third-order valence-corrected chi connectivity index (χ3v) is 17.5. The highest BCUT2D eigenvalue weighted by atomic mass is 31.2. The highest BCUT2D eigenvalue weighted by molar-refractivity contribution is 7.47. The normalized spacial score (nSPS) is 14.5. The molecule has 0 rings (SSSR count). The number of aliphatic hydroxyl groups excluding tert-OH is 1. The molecule has 0 aliphatic heterocycles. The van der Waals surface area contributed by atoms with Crippen LogP contribution in [0.25, 0.3) is 0 Å². The Hall–Kier alpha value is -1.94. The number of rotatable bonds is 66. The summed E-state index contributed by atoms with van der Waals surface area (Å²) in [4.78, 5) is 71.9. The predicted molar refractivity (Wildman–Crippen MR) is 340 cm³/mol. The Bertz CT molecular complexity index is 1650. The van der Waals surface area contributed by atoms with Crippen molar-refractivity contribution in [1.82, 2.24) is 0 Å². The van der Waals surface area contributed by atoms with Crippen LogP contribution in [0, 0.1) is 5.92 Å². The number of phosphoric ester groups is 2. The molecule has 504 valence electrons. The van der Waals surface area contributed by atoms with Gasteiger partial charge in [0.25, 0.3) is 0 Å². The van der Waals surface area contributed by atoms with Crippen molar-refractivity contribution in [2.24, 2.45) is 5.92 Å². The topological polar surface area (TPSA) is 237 Å². The lowest BCUT2D eigenvalue weighted by molar-refractivity contribution is -0.161. The average molecular weight is 1260 g/mol. The molecule has 17 nitrogen and oxygen atoms in total. The maximum atomic E-state index is 13.0. The van der Waals surface area contributed by atoms with Crippen LogP contribution in [0.2, 0.25) is 0 Å². The van der Waals surface area contributed by atoms with E-state index < -0.39 is 97.5 Å². The van der Waals surface area contributed by atoms with Crippen molar-refractivity contribution in [3.63, 3.8) is 0 Å². The molecule has 0 fully saturated rings.